The summed E-state index contributed by atoms with van der Waals surface area (Å²) in [7, 11) is -4.27. The smallest absolute Gasteiger partial charge is 0.459 e. The predicted molar refractivity (Wildman–Crippen MR) is 132 cm³/mol. The zero-order chi connectivity index (χ0) is 27.4. The second-order valence-corrected chi connectivity index (χ2v) is 10.4. The van der Waals surface area contributed by atoms with Gasteiger partial charge in [0.25, 0.3) is 5.91 Å². The number of benzene rings is 2. The molecule has 4 N–H and O–H groups in total. The van der Waals surface area contributed by atoms with Crippen molar-refractivity contribution in [2.45, 2.75) is 51.1 Å². The molecule has 206 valence electrons. The molecule has 1 fully saturated rings. The topological polar surface area (TPSA) is 156 Å². The minimum atomic E-state index is -4.27. The summed E-state index contributed by atoms with van der Waals surface area (Å²) < 4.78 is 49.8. The van der Waals surface area contributed by atoms with E-state index >= 15 is 0 Å². The third-order valence-electron chi connectivity index (χ3n) is 5.93. The molecule has 38 heavy (non-hydrogen) atoms. The van der Waals surface area contributed by atoms with Crippen molar-refractivity contribution in [1.82, 2.24) is 15.3 Å². The van der Waals surface area contributed by atoms with E-state index in [1.807, 2.05) is 23.5 Å². The molecule has 4 rings (SSSR count). The number of ether oxygens (including phenoxy) is 2. The van der Waals surface area contributed by atoms with Crippen LogP contribution in [0.15, 0.2) is 54.5 Å². The molecule has 2 aliphatic heterocycles. The summed E-state index contributed by atoms with van der Waals surface area (Å²) in [5.74, 6) is -2.67. The molecule has 3 unspecified atom stereocenters. The van der Waals surface area contributed by atoms with Crippen LogP contribution in [-0.2, 0) is 28.2 Å². The molecule has 0 radical (unpaired) electrons. The van der Waals surface area contributed by atoms with E-state index in [2.05, 4.69) is 5.09 Å². The summed E-state index contributed by atoms with van der Waals surface area (Å²) in [5.41, 5.74) is 0. The number of amides is 1. The van der Waals surface area contributed by atoms with Gasteiger partial charge in [-0.3, -0.25) is 14.1 Å². The molecule has 2 aromatic carbocycles. The van der Waals surface area contributed by atoms with E-state index in [0.29, 0.717) is 5.39 Å². The van der Waals surface area contributed by atoms with Gasteiger partial charge in [-0.2, -0.15) is 9.48 Å². The largest absolute Gasteiger partial charge is 0.465 e. The molecule has 12 nitrogen and oxygen atoms in total. The highest BCUT2D eigenvalue weighted by Gasteiger charge is 2.42. The van der Waals surface area contributed by atoms with Crippen LogP contribution in [0.3, 0.4) is 0 Å². The van der Waals surface area contributed by atoms with Crippen molar-refractivity contribution in [3.8, 4) is 5.75 Å². The number of nitrogens with one attached hydrogen (secondary N) is 2. The second-order valence-electron chi connectivity index (χ2n) is 8.67. The van der Waals surface area contributed by atoms with Crippen molar-refractivity contribution >= 4 is 30.4 Å². The maximum Gasteiger partial charge on any atom is 0.459 e. The Bertz CT molecular complexity index is 1260. The number of halogens is 1. The van der Waals surface area contributed by atoms with Crippen molar-refractivity contribution in [3.63, 3.8) is 0 Å². The first-order chi connectivity index (χ1) is 18.1. The first kappa shape index (κ1) is 28.0. The van der Waals surface area contributed by atoms with Gasteiger partial charge in [-0.1, -0.05) is 36.4 Å². The Labute approximate surface area is 217 Å². The molecule has 2 aliphatic rings. The van der Waals surface area contributed by atoms with Gasteiger partial charge >= 0.3 is 13.7 Å². The molecule has 0 bridgehead atoms. The fourth-order valence-corrected chi connectivity index (χ4v) is 5.55. The van der Waals surface area contributed by atoms with Crippen molar-refractivity contribution in [2.75, 3.05) is 13.2 Å². The highest BCUT2D eigenvalue weighted by Crippen LogP contribution is 2.47. The maximum absolute atomic E-state index is 13.9. The number of nitrogens with zero attached hydrogens (tertiary/aromatic N) is 1. The lowest BCUT2D eigenvalue weighted by Crippen LogP contribution is -2.53. The Morgan fingerprint density at radius 2 is 2.03 bits per heavy atom. The Kier molecular flexibility index (Phi) is 8.66. The molecular formula is C24H29FN3O9P. The van der Waals surface area contributed by atoms with E-state index < -0.39 is 62.9 Å². The number of rotatable bonds is 10. The average Bonchev–Trinajstić information content (AvgIpc) is 3.25. The zero-order valence-electron chi connectivity index (χ0n) is 20.7. The summed E-state index contributed by atoms with van der Waals surface area (Å²) in [4.78, 5) is 24.6. The summed E-state index contributed by atoms with van der Waals surface area (Å²) in [6, 6.07) is 11.3. The summed E-state index contributed by atoms with van der Waals surface area (Å²) >= 11 is 0. The first-order valence-corrected chi connectivity index (χ1v) is 13.5. The molecule has 0 spiro atoms. The molecular weight excluding hydrogens is 524 g/mol. The van der Waals surface area contributed by atoms with Gasteiger partial charge in [0, 0.05) is 18.0 Å². The number of aliphatic hydroxyl groups excluding tert-OH is 2. The van der Waals surface area contributed by atoms with Gasteiger partial charge in [-0.15, -0.1) is 0 Å². The van der Waals surface area contributed by atoms with Crippen LogP contribution in [-0.4, -0.2) is 71.0 Å². The minimum Gasteiger partial charge on any atom is -0.465 e. The highest BCUT2D eigenvalue weighted by atomic mass is 31.2. The lowest BCUT2D eigenvalue weighted by atomic mass is 10.1. The van der Waals surface area contributed by atoms with Crippen molar-refractivity contribution < 1.29 is 47.3 Å². The van der Waals surface area contributed by atoms with E-state index in [1.165, 1.54) is 6.92 Å². The summed E-state index contributed by atoms with van der Waals surface area (Å²) in [6.45, 7) is 2.73. The molecule has 2 heterocycles. The first-order valence-electron chi connectivity index (χ1n) is 11.9. The monoisotopic (exact) mass is 553 g/mol. The number of hydrogen-bond acceptors (Lipinski definition) is 10. The SMILES string of the molecule is CCOC(=O)[C@H](C)NP(=O)(OC[C@H]1O[C@@H](N2C=C(F)C(=O)NC2O)CC1O)Oc1cccc2ccccc12. The minimum absolute atomic E-state index is 0.0775. The van der Waals surface area contributed by atoms with E-state index in [0.717, 1.165) is 16.5 Å². The van der Waals surface area contributed by atoms with E-state index in [4.69, 9.17) is 18.5 Å². The van der Waals surface area contributed by atoms with Gasteiger partial charge in [0.2, 0.25) is 12.2 Å². The van der Waals surface area contributed by atoms with Crippen LogP contribution in [0.2, 0.25) is 0 Å². The maximum atomic E-state index is 13.9. The van der Waals surface area contributed by atoms with Crippen LogP contribution in [0.25, 0.3) is 10.8 Å². The number of aliphatic hydroxyl groups is 2. The quantitative estimate of drug-likeness (QED) is 0.252. The molecule has 0 aliphatic carbocycles. The molecule has 14 heteroatoms. The number of esters is 1. The number of carbonyl (C=O) groups excluding carboxylic acids is 2. The predicted octanol–water partition coefficient (Wildman–Crippen LogP) is 1.88. The van der Waals surface area contributed by atoms with Crippen LogP contribution >= 0.6 is 7.75 Å². The Morgan fingerprint density at radius 1 is 1.29 bits per heavy atom. The summed E-state index contributed by atoms with van der Waals surface area (Å²) in [6.07, 6.45) is -4.12. The lowest BCUT2D eigenvalue weighted by molar-refractivity contribution is -0.145. The molecule has 1 amide bonds. The molecule has 0 aromatic heterocycles. The van der Waals surface area contributed by atoms with Crippen molar-refractivity contribution in [2.24, 2.45) is 0 Å². The second kappa shape index (κ2) is 11.8. The highest BCUT2D eigenvalue weighted by molar-refractivity contribution is 7.52. The fourth-order valence-electron chi connectivity index (χ4n) is 4.03. The van der Waals surface area contributed by atoms with Crippen LogP contribution in [0.5, 0.6) is 5.75 Å². The number of fused-ring (bicyclic) bond motifs is 1. The van der Waals surface area contributed by atoms with Crippen LogP contribution in [0, 0.1) is 0 Å². The van der Waals surface area contributed by atoms with Gasteiger partial charge < -0.3 is 34.4 Å². The standard InChI is InChI=1S/C24H29FN3O9P/c1-3-34-23(31)14(2)27-38(33,37-19-10-6-8-15-7-4-5-9-16(15)19)35-13-20-18(29)11-21(36-20)28-12-17(25)22(30)26-24(28)32/h4-10,12,14,18,20-21,24,29,32H,3,11,13H2,1-2H3,(H,26,30)(H,27,33)/t14-,18?,20+,21+,24?,38?/m0/s1. The lowest BCUT2D eigenvalue weighted by Gasteiger charge is -2.34. The van der Waals surface area contributed by atoms with Gasteiger partial charge in [0.05, 0.1) is 19.3 Å². The molecule has 2 aromatic rings. The Morgan fingerprint density at radius 3 is 2.79 bits per heavy atom. The van der Waals surface area contributed by atoms with Gasteiger partial charge in [-0.05, 0) is 25.3 Å². The average molecular weight is 553 g/mol. The van der Waals surface area contributed by atoms with Crippen LogP contribution < -0.4 is 14.9 Å². The zero-order valence-corrected chi connectivity index (χ0v) is 21.5. The van der Waals surface area contributed by atoms with E-state index in [-0.39, 0.29) is 18.8 Å². The van der Waals surface area contributed by atoms with Crippen LogP contribution in [0.4, 0.5) is 4.39 Å². The van der Waals surface area contributed by atoms with E-state index in [9.17, 15) is 28.8 Å². The normalized spacial score (nSPS) is 25.9. The molecule has 1 saturated heterocycles. The number of carbonyl (C=O) groups is 2. The molecule has 6 atom stereocenters. The van der Waals surface area contributed by atoms with Gasteiger partial charge in [0.1, 0.15) is 24.1 Å². The van der Waals surface area contributed by atoms with Crippen molar-refractivity contribution in [1.29, 1.82) is 0 Å². The molecule has 0 saturated carbocycles. The summed E-state index contributed by atoms with van der Waals surface area (Å²) in [5, 5.41) is 26.6. The third kappa shape index (κ3) is 6.32. The Hall–Kier alpha value is -3.06. The number of hydrogen-bond donors (Lipinski definition) is 4. The third-order valence-corrected chi connectivity index (χ3v) is 7.56. The van der Waals surface area contributed by atoms with Gasteiger partial charge in [0.15, 0.2) is 0 Å². The Balaban J connectivity index is 1.51. The fraction of sp³-hybridized carbons (Fsp3) is 0.417. The van der Waals surface area contributed by atoms with Gasteiger partial charge in [-0.25, -0.2) is 4.57 Å². The van der Waals surface area contributed by atoms with Crippen molar-refractivity contribution in [3.05, 3.63) is 54.5 Å². The van der Waals surface area contributed by atoms with Crippen LogP contribution in [0.1, 0.15) is 20.3 Å². The van der Waals surface area contributed by atoms with E-state index in [1.54, 1.807) is 31.2 Å².